The smallest absolute Gasteiger partial charge is 0.345 e. The van der Waals surface area contributed by atoms with Crippen molar-refractivity contribution in [3.8, 4) is 11.8 Å². The summed E-state index contributed by atoms with van der Waals surface area (Å²) in [6, 6.07) is 1.68. The number of aromatic carboxylic acids is 1. The summed E-state index contributed by atoms with van der Waals surface area (Å²) < 4.78 is 0. The largest absolute Gasteiger partial charge is 0.477 e. The van der Waals surface area contributed by atoms with Gasteiger partial charge in [0.25, 0.3) is 0 Å². The lowest BCUT2D eigenvalue weighted by molar-refractivity contribution is 0.0702. The third-order valence-electron chi connectivity index (χ3n) is 1.27. The number of carboxylic acids is 1. The molecule has 2 nitrogen and oxygen atoms in total. The molecule has 0 saturated carbocycles. The van der Waals surface area contributed by atoms with Gasteiger partial charge in [0.1, 0.15) is 4.88 Å². The van der Waals surface area contributed by atoms with E-state index in [1.807, 2.05) is 5.38 Å². The Kier molecular flexibility index (Phi) is 3.87. The Morgan fingerprint density at radius 3 is 3.08 bits per heavy atom. The van der Waals surface area contributed by atoms with Crippen LogP contribution in [0.25, 0.3) is 0 Å². The van der Waals surface area contributed by atoms with Crippen LogP contribution in [0.4, 0.5) is 0 Å². The first-order valence-electron chi connectivity index (χ1n) is 3.58. The lowest BCUT2D eigenvalue weighted by Gasteiger charge is -1.88. The van der Waals surface area contributed by atoms with Gasteiger partial charge in [-0.15, -0.1) is 29.0 Å². The molecule has 13 heavy (non-hydrogen) atoms. The van der Waals surface area contributed by atoms with E-state index in [4.69, 9.17) is 5.11 Å². The zero-order valence-corrected chi connectivity index (χ0v) is 8.67. The van der Waals surface area contributed by atoms with Gasteiger partial charge < -0.3 is 5.11 Å². The highest BCUT2D eigenvalue weighted by Gasteiger charge is 2.05. The standard InChI is InChI=1S/C9H8O2S2/c1-2-3-4-12-7-5-8(9(10)11)13-6-7/h5-6H,4H2,1H3,(H,10,11). The van der Waals surface area contributed by atoms with Crippen molar-refractivity contribution in [2.75, 3.05) is 5.75 Å². The van der Waals surface area contributed by atoms with Gasteiger partial charge in [-0.3, -0.25) is 0 Å². The number of carbonyl (C=O) groups is 1. The van der Waals surface area contributed by atoms with Gasteiger partial charge >= 0.3 is 5.97 Å². The van der Waals surface area contributed by atoms with E-state index in [2.05, 4.69) is 11.8 Å². The molecule has 0 aliphatic carbocycles. The molecular weight excluding hydrogens is 204 g/mol. The summed E-state index contributed by atoms with van der Waals surface area (Å²) in [4.78, 5) is 11.9. The minimum absolute atomic E-state index is 0.381. The first-order chi connectivity index (χ1) is 6.24. The average Bonchev–Trinajstić information content (AvgIpc) is 2.53. The van der Waals surface area contributed by atoms with Crippen molar-refractivity contribution >= 4 is 29.1 Å². The monoisotopic (exact) mass is 212 g/mol. The normalized spacial score (nSPS) is 9.00. The fourth-order valence-electron chi connectivity index (χ4n) is 0.698. The first kappa shape index (κ1) is 10.2. The molecule has 0 amide bonds. The Balaban J connectivity index is 2.57. The zero-order valence-electron chi connectivity index (χ0n) is 7.03. The maximum absolute atomic E-state index is 10.5. The molecule has 0 spiro atoms. The fraction of sp³-hybridized carbons (Fsp3) is 0.222. The molecule has 1 rings (SSSR count). The molecule has 0 saturated heterocycles. The van der Waals surface area contributed by atoms with E-state index in [0.29, 0.717) is 10.6 Å². The van der Waals surface area contributed by atoms with Gasteiger partial charge in [0.05, 0.1) is 5.75 Å². The van der Waals surface area contributed by atoms with E-state index < -0.39 is 5.97 Å². The molecule has 1 heterocycles. The number of thiophene rings is 1. The predicted molar refractivity (Wildman–Crippen MR) is 55.5 cm³/mol. The topological polar surface area (TPSA) is 37.3 Å². The number of hydrogen-bond donors (Lipinski definition) is 1. The van der Waals surface area contributed by atoms with Crippen LogP contribution >= 0.6 is 23.1 Å². The van der Waals surface area contributed by atoms with Crippen LogP contribution < -0.4 is 0 Å². The second kappa shape index (κ2) is 4.95. The summed E-state index contributed by atoms with van der Waals surface area (Å²) in [7, 11) is 0. The molecular formula is C9H8O2S2. The van der Waals surface area contributed by atoms with E-state index in [0.717, 1.165) is 4.90 Å². The number of carboxylic acid groups (broad SMARTS) is 1. The van der Waals surface area contributed by atoms with E-state index in [-0.39, 0.29) is 0 Å². The van der Waals surface area contributed by atoms with Crippen LogP contribution in [0.5, 0.6) is 0 Å². The third kappa shape index (κ3) is 3.13. The lowest BCUT2D eigenvalue weighted by Crippen LogP contribution is -1.89. The maximum Gasteiger partial charge on any atom is 0.345 e. The van der Waals surface area contributed by atoms with Crippen LogP contribution in [-0.4, -0.2) is 16.8 Å². The average molecular weight is 212 g/mol. The predicted octanol–water partition coefficient (Wildman–Crippen LogP) is 2.56. The molecule has 1 aromatic heterocycles. The Labute approximate surface area is 85.0 Å². The van der Waals surface area contributed by atoms with Crippen molar-refractivity contribution in [1.82, 2.24) is 0 Å². The molecule has 0 unspecified atom stereocenters. The van der Waals surface area contributed by atoms with Gasteiger partial charge in [0, 0.05) is 10.3 Å². The molecule has 1 N–H and O–H groups in total. The minimum atomic E-state index is -0.863. The summed E-state index contributed by atoms with van der Waals surface area (Å²) in [5.74, 6) is 5.54. The Hall–Kier alpha value is -0.920. The summed E-state index contributed by atoms with van der Waals surface area (Å²) >= 11 is 2.80. The van der Waals surface area contributed by atoms with Crippen LogP contribution in [0.1, 0.15) is 16.6 Å². The van der Waals surface area contributed by atoms with Crippen molar-refractivity contribution in [2.45, 2.75) is 11.8 Å². The highest BCUT2D eigenvalue weighted by molar-refractivity contribution is 7.99. The quantitative estimate of drug-likeness (QED) is 0.618. The summed E-state index contributed by atoms with van der Waals surface area (Å²) in [5, 5.41) is 10.5. The fourth-order valence-corrected chi connectivity index (χ4v) is 2.38. The molecule has 0 radical (unpaired) electrons. The highest BCUT2D eigenvalue weighted by atomic mass is 32.2. The van der Waals surface area contributed by atoms with E-state index in [9.17, 15) is 4.79 Å². The minimum Gasteiger partial charge on any atom is -0.477 e. The molecule has 68 valence electrons. The Morgan fingerprint density at radius 1 is 1.77 bits per heavy atom. The summed E-state index contributed by atoms with van der Waals surface area (Å²) in [6.07, 6.45) is 0. The molecule has 0 aliphatic heterocycles. The molecule has 0 aromatic carbocycles. The van der Waals surface area contributed by atoms with Crippen molar-refractivity contribution < 1.29 is 9.90 Å². The van der Waals surface area contributed by atoms with E-state index in [1.54, 1.807) is 24.8 Å². The Bertz CT molecular complexity index is 357. The molecule has 0 atom stereocenters. The number of hydrogen-bond acceptors (Lipinski definition) is 3. The second-order valence-electron chi connectivity index (χ2n) is 2.17. The van der Waals surface area contributed by atoms with Crippen molar-refractivity contribution in [3.63, 3.8) is 0 Å². The van der Waals surface area contributed by atoms with Crippen molar-refractivity contribution in [1.29, 1.82) is 0 Å². The van der Waals surface area contributed by atoms with Crippen LogP contribution in [-0.2, 0) is 0 Å². The van der Waals surface area contributed by atoms with Gasteiger partial charge in [-0.25, -0.2) is 4.79 Å². The molecule has 0 aliphatic rings. The van der Waals surface area contributed by atoms with Gasteiger partial charge in [-0.2, -0.15) is 0 Å². The van der Waals surface area contributed by atoms with Crippen molar-refractivity contribution in [3.05, 3.63) is 16.3 Å². The summed E-state index contributed by atoms with van der Waals surface area (Å²) in [5.41, 5.74) is 0. The van der Waals surface area contributed by atoms with Gasteiger partial charge in [-0.05, 0) is 13.0 Å². The zero-order chi connectivity index (χ0) is 9.68. The van der Waals surface area contributed by atoms with Crippen LogP contribution in [0.2, 0.25) is 0 Å². The van der Waals surface area contributed by atoms with Crippen LogP contribution in [0, 0.1) is 11.8 Å². The van der Waals surface area contributed by atoms with E-state index >= 15 is 0 Å². The number of thioether (sulfide) groups is 1. The molecule has 0 fully saturated rings. The molecule has 1 aromatic rings. The second-order valence-corrected chi connectivity index (χ2v) is 4.13. The number of rotatable bonds is 3. The lowest BCUT2D eigenvalue weighted by atomic mass is 10.5. The highest BCUT2D eigenvalue weighted by Crippen LogP contribution is 2.24. The molecule has 4 heteroatoms. The van der Waals surface area contributed by atoms with Gasteiger partial charge in [0.2, 0.25) is 0 Å². The first-order valence-corrected chi connectivity index (χ1v) is 5.45. The maximum atomic E-state index is 10.5. The Morgan fingerprint density at radius 2 is 2.54 bits per heavy atom. The van der Waals surface area contributed by atoms with Gasteiger partial charge in [0.15, 0.2) is 0 Å². The van der Waals surface area contributed by atoms with E-state index in [1.165, 1.54) is 11.3 Å². The van der Waals surface area contributed by atoms with Gasteiger partial charge in [-0.1, -0.05) is 5.92 Å². The summed E-state index contributed by atoms with van der Waals surface area (Å²) in [6.45, 7) is 1.79. The molecule has 0 bridgehead atoms. The van der Waals surface area contributed by atoms with Crippen molar-refractivity contribution in [2.24, 2.45) is 0 Å². The SMILES string of the molecule is CC#CCSc1csc(C(=O)O)c1. The van der Waals surface area contributed by atoms with Crippen LogP contribution in [0.3, 0.4) is 0 Å². The van der Waals surface area contributed by atoms with Crippen LogP contribution in [0.15, 0.2) is 16.3 Å². The third-order valence-corrected chi connectivity index (χ3v) is 3.20.